The van der Waals surface area contributed by atoms with Crippen molar-refractivity contribution in [2.45, 2.75) is 32.6 Å². The average Bonchev–Trinajstić information content (AvgIpc) is 2.64. The number of aliphatic carboxylic acids is 1. The van der Waals surface area contributed by atoms with Gasteiger partial charge >= 0.3 is 5.97 Å². The van der Waals surface area contributed by atoms with Gasteiger partial charge in [0.25, 0.3) is 0 Å². The van der Waals surface area contributed by atoms with Crippen molar-refractivity contribution in [3.8, 4) is 0 Å². The van der Waals surface area contributed by atoms with Crippen molar-refractivity contribution < 1.29 is 14.7 Å². The number of amides is 1. The summed E-state index contributed by atoms with van der Waals surface area (Å²) in [5, 5.41) is 8.82. The Labute approximate surface area is 114 Å². The molecule has 1 amide bonds. The van der Waals surface area contributed by atoms with Gasteiger partial charge in [-0.25, -0.2) is 0 Å². The maximum absolute atomic E-state index is 12.5. The molecule has 19 heavy (non-hydrogen) atoms. The fourth-order valence-electron chi connectivity index (χ4n) is 3.29. The second-order valence-corrected chi connectivity index (χ2v) is 5.86. The van der Waals surface area contributed by atoms with Crippen molar-refractivity contribution in [1.29, 1.82) is 0 Å². The highest BCUT2D eigenvalue weighted by Crippen LogP contribution is 2.32. The molecular formula is C14H24N2O3. The Kier molecular flexibility index (Phi) is 4.80. The van der Waals surface area contributed by atoms with E-state index in [0.717, 1.165) is 38.8 Å². The van der Waals surface area contributed by atoms with Gasteiger partial charge in [0.15, 0.2) is 0 Å². The van der Waals surface area contributed by atoms with E-state index in [-0.39, 0.29) is 12.5 Å². The summed E-state index contributed by atoms with van der Waals surface area (Å²) in [4.78, 5) is 27.1. The molecule has 2 fully saturated rings. The Hall–Kier alpha value is -1.10. The lowest BCUT2D eigenvalue weighted by Gasteiger charge is -2.26. The molecule has 0 radical (unpaired) electrons. The van der Waals surface area contributed by atoms with Crippen LogP contribution < -0.4 is 0 Å². The molecule has 1 heterocycles. The highest BCUT2D eigenvalue weighted by Gasteiger charge is 2.33. The van der Waals surface area contributed by atoms with Crippen LogP contribution in [0, 0.1) is 11.8 Å². The summed E-state index contributed by atoms with van der Waals surface area (Å²) >= 11 is 0. The van der Waals surface area contributed by atoms with Gasteiger partial charge in [0.1, 0.15) is 0 Å². The molecule has 2 unspecified atom stereocenters. The summed E-state index contributed by atoms with van der Waals surface area (Å²) in [5.41, 5.74) is 0. The minimum atomic E-state index is -0.788. The van der Waals surface area contributed by atoms with Crippen LogP contribution in [0.25, 0.3) is 0 Å². The zero-order chi connectivity index (χ0) is 13.8. The molecule has 108 valence electrons. The summed E-state index contributed by atoms with van der Waals surface area (Å²) in [6.45, 7) is 5.16. The van der Waals surface area contributed by atoms with Crippen molar-refractivity contribution in [3.05, 3.63) is 0 Å². The summed E-state index contributed by atoms with van der Waals surface area (Å²) in [5.74, 6) is 0.211. The summed E-state index contributed by atoms with van der Waals surface area (Å²) in [6, 6.07) is 0. The predicted molar refractivity (Wildman–Crippen MR) is 71.8 cm³/mol. The molecule has 5 nitrogen and oxygen atoms in total. The molecule has 2 rings (SSSR count). The van der Waals surface area contributed by atoms with Crippen LogP contribution in [-0.2, 0) is 9.59 Å². The summed E-state index contributed by atoms with van der Waals surface area (Å²) < 4.78 is 0. The van der Waals surface area contributed by atoms with Gasteiger partial charge in [0, 0.05) is 32.1 Å². The molecule has 2 aliphatic rings. The Bertz CT molecular complexity index is 346. The largest absolute Gasteiger partial charge is 0.480 e. The molecule has 0 spiro atoms. The molecule has 2 atom stereocenters. The highest BCUT2D eigenvalue weighted by molar-refractivity contribution is 5.79. The second kappa shape index (κ2) is 6.37. The van der Waals surface area contributed by atoms with Crippen LogP contribution >= 0.6 is 0 Å². The monoisotopic (exact) mass is 268 g/mol. The SMILES string of the molecule is CC1CCCC1C(=O)N1CCCN(CC(=O)O)CC1. The van der Waals surface area contributed by atoms with Crippen molar-refractivity contribution in [2.75, 3.05) is 32.7 Å². The lowest BCUT2D eigenvalue weighted by atomic mass is 9.96. The topological polar surface area (TPSA) is 60.9 Å². The van der Waals surface area contributed by atoms with Gasteiger partial charge in [-0.15, -0.1) is 0 Å². The smallest absolute Gasteiger partial charge is 0.317 e. The highest BCUT2D eigenvalue weighted by atomic mass is 16.4. The van der Waals surface area contributed by atoms with E-state index in [1.165, 1.54) is 0 Å². The molecule has 1 saturated carbocycles. The molecule has 1 aliphatic heterocycles. The molecule has 1 saturated heterocycles. The number of carbonyl (C=O) groups excluding carboxylic acids is 1. The number of carbonyl (C=O) groups is 2. The van der Waals surface area contributed by atoms with Gasteiger partial charge in [0.2, 0.25) is 5.91 Å². The van der Waals surface area contributed by atoms with Crippen LogP contribution in [0.2, 0.25) is 0 Å². The third-order valence-corrected chi connectivity index (χ3v) is 4.44. The first-order valence-corrected chi connectivity index (χ1v) is 7.31. The van der Waals surface area contributed by atoms with E-state index in [0.29, 0.717) is 24.9 Å². The number of hydrogen-bond acceptors (Lipinski definition) is 3. The molecule has 5 heteroatoms. The molecule has 1 N–H and O–H groups in total. The summed E-state index contributed by atoms with van der Waals surface area (Å²) in [7, 11) is 0. The van der Waals surface area contributed by atoms with Crippen molar-refractivity contribution >= 4 is 11.9 Å². The van der Waals surface area contributed by atoms with Crippen LogP contribution in [0.15, 0.2) is 0 Å². The lowest BCUT2D eigenvalue weighted by Crippen LogP contribution is -2.40. The van der Waals surface area contributed by atoms with Crippen LogP contribution in [0.5, 0.6) is 0 Å². The maximum atomic E-state index is 12.5. The van der Waals surface area contributed by atoms with Gasteiger partial charge in [0.05, 0.1) is 6.54 Å². The Morgan fingerprint density at radius 3 is 2.53 bits per heavy atom. The molecule has 0 aromatic rings. The van der Waals surface area contributed by atoms with E-state index in [2.05, 4.69) is 6.92 Å². The van der Waals surface area contributed by atoms with E-state index in [1.54, 1.807) is 0 Å². The zero-order valence-corrected chi connectivity index (χ0v) is 11.7. The number of nitrogens with zero attached hydrogens (tertiary/aromatic N) is 2. The molecule has 0 bridgehead atoms. The standard InChI is InChI=1S/C14H24N2O3/c1-11-4-2-5-12(11)14(19)16-7-3-6-15(8-9-16)10-13(17)18/h11-12H,2-10H2,1H3,(H,17,18). The van der Waals surface area contributed by atoms with Gasteiger partial charge in [-0.2, -0.15) is 0 Å². The third kappa shape index (κ3) is 3.69. The summed E-state index contributed by atoms with van der Waals surface area (Å²) in [6.07, 6.45) is 4.22. The first kappa shape index (κ1) is 14.3. The third-order valence-electron chi connectivity index (χ3n) is 4.44. The predicted octanol–water partition coefficient (Wildman–Crippen LogP) is 1.04. The normalized spacial score (nSPS) is 29.2. The van der Waals surface area contributed by atoms with E-state index in [9.17, 15) is 9.59 Å². The minimum Gasteiger partial charge on any atom is -0.480 e. The quantitative estimate of drug-likeness (QED) is 0.831. The maximum Gasteiger partial charge on any atom is 0.317 e. The zero-order valence-electron chi connectivity index (χ0n) is 11.7. The van der Waals surface area contributed by atoms with E-state index in [1.807, 2.05) is 9.80 Å². The van der Waals surface area contributed by atoms with Crippen molar-refractivity contribution in [1.82, 2.24) is 9.80 Å². The molecule has 1 aliphatic carbocycles. The lowest BCUT2D eigenvalue weighted by molar-refractivity contribution is -0.138. The van der Waals surface area contributed by atoms with Gasteiger partial charge in [-0.05, 0) is 25.2 Å². The molecular weight excluding hydrogens is 244 g/mol. The Morgan fingerprint density at radius 2 is 1.89 bits per heavy atom. The van der Waals surface area contributed by atoms with Crippen LogP contribution in [0.1, 0.15) is 32.6 Å². The van der Waals surface area contributed by atoms with Gasteiger partial charge in [-0.3, -0.25) is 14.5 Å². The van der Waals surface area contributed by atoms with Crippen LogP contribution in [0.3, 0.4) is 0 Å². The second-order valence-electron chi connectivity index (χ2n) is 5.86. The van der Waals surface area contributed by atoms with E-state index in [4.69, 9.17) is 5.11 Å². The minimum absolute atomic E-state index is 0.0852. The van der Waals surface area contributed by atoms with Crippen LogP contribution in [0.4, 0.5) is 0 Å². The number of carboxylic acids is 1. The first-order chi connectivity index (χ1) is 9.08. The Balaban J connectivity index is 1.88. The van der Waals surface area contributed by atoms with Crippen molar-refractivity contribution in [3.63, 3.8) is 0 Å². The molecule has 0 aromatic carbocycles. The average molecular weight is 268 g/mol. The van der Waals surface area contributed by atoms with Crippen LogP contribution in [-0.4, -0.2) is 59.5 Å². The fourth-order valence-corrected chi connectivity index (χ4v) is 3.29. The number of carboxylic acid groups (broad SMARTS) is 1. The van der Waals surface area contributed by atoms with E-state index < -0.39 is 5.97 Å². The molecule has 0 aromatic heterocycles. The van der Waals surface area contributed by atoms with Crippen molar-refractivity contribution in [2.24, 2.45) is 11.8 Å². The number of hydrogen-bond donors (Lipinski definition) is 1. The fraction of sp³-hybridized carbons (Fsp3) is 0.857. The van der Waals surface area contributed by atoms with E-state index >= 15 is 0 Å². The first-order valence-electron chi connectivity index (χ1n) is 7.31. The number of rotatable bonds is 3. The van der Waals surface area contributed by atoms with Gasteiger partial charge < -0.3 is 10.0 Å². The van der Waals surface area contributed by atoms with Gasteiger partial charge in [-0.1, -0.05) is 13.3 Å². The Morgan fingerprint density at radius 1 is 1.11 bits per heavy atom.